The summed E-state index contributed by atoms with van der Waals surface area (Å²) in [6, 6.07) is 5.09. The lowest BCUT2D eigenvalue weighted by molar-refractivity contribution is -0.162. The molecule has 0 unspecified atom stereocenters. The highest BCUT2D eigenvalue weighted by Gasteiger charge is 2.61. The third-order valence-corrected chi connectivity index (χ3v) is 7.14. The van der Waals surface area contributed by atoms with E-state index in [1.807, 2.05) is 19.1 Å². The fourth-order valence-electron chi connectivity index (χ4n) is 5.38. The fourth-order valence-corrected chi connectivity index (χ4v) is 5.38. The van der Waals surface area contributed by atoms with E-state index in [0.29, 0.717) is 17.9 Å². The van der Waals surface area contributed by atoms with E-state index in [-0.39, 0.29) is 29.6 Å². The average Bonchev–Trinajstić information content (AvgIpc) is 3.53. The number of carbonyl (C=O) groups is 5. The van der Waals surface area contributed by atoms with Crippen LogP contribution in [0.1, 0.15) is 50.4 Å². The molecule has 1 saturated carbocycles. The highest BCUT2D eigenvalue weighted by Crippen LogP contribution is 2.53. The van der Waals surface area contributed by atoms with Gasteiger partial charge >= 0.3 is 11.9 Å². The molecule has 4 rings (SSSR count). The van der Waals surface area contributed by atoms with Crippen molar-refractivity contribution in [2.24, 2.45) is 29.6 Å². The first-order valence-corrected chi connectivity index (χ1v) is 12.5. The molecule has 0 aromatic heterocycles. The van der Waals surface area contributed by atoms with Crippen molar-refractivity contribution in [2.75, 3.05) is 18.5 Å². The van der Waals surface area contributed by atoms with Gasteiger partial charge in [-0.2, -0.15) is 0 Å². The first-order valence-electron chi connectivity index (χ1n) is 12.5. The molecule has 1 heterocycles. The Labute approximate surface area is 210 Å². The fraction of sp³-hybridized carbons (Fsp3) is 0.519. The molecule has 1 aromatic rings. The Morgan fingerprint density at radius 2 is 1.61 bits per heavy atom. The Hall–Kier alpha value is -3.49. The van der Waals surface area contributed by atoms with Gasteiger partial charge in [0.1, 0.15) is 6.04 Å². The topological polar surface area (TPSA) is 119 Å². The van der Waals surface area contributed by atoms with Crippen LogP contribution >= 0.6 is 0 Å². The lowest BCUT2D eigenvalue weighted by Gasteiger charge is -2.28. The number of allylic oxidation sites excluding steroid dienone is 2. The number of fused-ring (bicyclic) bond motifs is 5. The molecule has 1 aromatic carbocycles. The summed E-state index contributed by atoms with van der Waals surface area (Å²) < 4.78 is 10.4. The summed E-state index contributed by atoms with van der Waals surface area (Å²) in [5, 5.41) is 2.60. The Kier molecular flexibility index (Phi) is 7.56. The molecule has 9 nitrogen and oxygen atoms in total. The van der Waals surface area contributed by atoms with Gasteiger partial charge in [0.2, 0.25) is 11.8 Å². The minimum Gasteiger partial charge on any atom is -0.462 e. The van der Waals surface area contributed by atoms with Gasteiger partial charge in [-0.1, -0.05) is 39.3 Å². The molecular weight excluding hydrogens is 464 g/mol. The maximum atomic E-state index is 13.1. The summed E-state index contributed by atoms with van der Waals surface area (Å²) in [5.41, 5.74) is 0.783. The Bertz CT molecular complexity index is 1050. The predicted molar refractivity (Wildman–Crippen MR) is 129 cm³/mol. The molecule has 3 aliphatic rings. The normalized spacial score (nSPS) is 24.7. The van der Waals surface area contributed by atoms with Gasteiger partial charge < -0.3 is 14.8 Å². The second kappa shape index (κ2) is 10.6. The molecule has 3 amide bonds. The number of anilines is 1. The van der Waals surface area contributed by atoms with Crippen LogP contribution in [-0.4, -0.2) is 53.8 Å². The van der Waals surface area contributed by atoms with Crippen LogP contribution in [0.15, 0.2) is 36.4 Å². The number of nitrogens with zero attached hydrogens (tertiary/aromatic N) is 1. The van der Waals surface area contributed by atoms with Gasteiger partial charge in [0.05, 0.1) is 24.0 Å². The lowest BCUT2D eigenvalue weighted by atomic mass is 9.85. The first kappa shape index (κ1) is 25.6. The Balaban J connectivity index is 1.32. The van der Waals surface area contributed by atoms with Crippen molar-refractivity contribution < 1.29 is 33.4 Å². The predicted octanol–water partition coefficient (Wildman–Crippen LogP) is 2.96. The molecular formula is C27H32N2O7. The first-order chi connectivity index (χ1) is 17.2. The molecule has 5 atom stereocenters. The van der Waals surface area contributed by atoms with E-state index < -0.39 is 42.3 Å². The lowest BCUT2D eigenvalue weighted by Crippen LogP contribution is -2.50. The molecule has 2 bridgehead atoms. The zero-order valence-electron chi connectivity index (χ0n) is 20.8. The van der Waals surface area contributed by atoms with Crippen LogP contribution in [0.25, 0.3) is 0 Å². The number of ether oxygens (including phenoxy) is 2. The molecule has 9 heteroatoms. The number of likely N-dealkylation sites (tertiary alicyclic amines) is 1. The van der Waals surface area contributed by atoms with Crippen LogP contribution in [0.2, 0.25) is 0 Å². The second-order valence-corrected chi connectivity index (χ2v) is 9.96. The number of esters is 2. The number of benzene rings is 1. The third-order valence-electron chi connectivity index (χ3n) is 7.14. The van der Waals surface area contributed by atoms with Crippen molar-refractivity contribution in [3.8, 4) is 0 Å². The molecule has 1 saturated heterocycles. The molecule has 2 fully saturated rings. The van der Waals surface area contributed by atoms with Crippen molar-refractivity contribution in [1.82, 2.24) is 4.90 Å². The number of unbranched alkanes of at least 4 members (excludes halogenated alkanes) is 1. The van der Waals surface area contributed by atoms with Gasteiger partial charge in [0, 0.05) is 5.69 Å². The minimum atomic E-state index is -1.08. The van der Waals surface area contributed by atoms with Gasteiger partial charge in [-0.3, -0.25) is 19.3 Å². The van der Waals surface area contributed by atoms with Gasteiger partial charge in [-0.25, -0.2) is 9.59 Å². The van der Waals surface area contributed by atoms with E-state index >= 15 is 0 Å². The summed E-state index contributed by atoms with van der Waals surface area (Å²) in [7, 11) is 0. The quantitative estimate of drug-likeness (QED) is 0.229. The summed E-state index contributed by atoms with van der Waals surface area (Å²) in [5.74, 6) is -3.55. The van der Waals surface area contributed by atoms with Crippen LogP contribution in [-0.2, 0) is 28.7 Å². The third kappa shape index (κ3) is 4.92. The van der Waals surface area contributed by atoms with Crippen LogP contribution in [0.4, 0.5) is 5.69 Å². The maximum Gasteiger partial charge on any atom is 0.338 e. The number of hydrogen-bond donors (Lipinski definition) is 1. The second-order valence-electron chi connectivity index (χ2n) is 9.96. The van der Waals surface area contributed by atoms with E-state index in [0.717, 1.165) is 24.2 Å². The summed E-state index contributed by atoms with van der Waals surface area (Å²) in [4.78, 5) is 64.6. The summed E-state index contributed by atoms with van der Waals surface area (Å²) >= 11 is 0. The number of imide groups is 1. The van der Waals surface area contributed by atoms with E-state index in [9.17, 15) is 24.0 Å². The minimum absolute atomic E-state index is 0.0423. The van der Waals surface area contributed by atoms with E-state index in [1.54, 1.807) is 26.0 Å². The highest BCUT2D eigenvalue weighted by atomic mass is 16.5. The number of carbonyl (C=O) groups excluding carboxylic acids is 5. The number of hydrogen-bond acceptors (Lipinski definition) is 7. The van der Waals surface area contributed by atoms with Gasteiger partial charge in [0.15, 0.2) is 6.61 Å². The number of amides is 3. The van der Waals surface area contributed by atoms with Crippen molar-refractivity contribution >= 4 is 35.3 Å². The number of rotatable bonds is 10. The monoisotopic (exact) mass is 496 g/mol. The summed E-state index contributed by atoms with van der Waals surface area (Å²) in [6.45, 7) is 5.26. The van der Waals surface area contributed by atoms with Crippen LogP contribution in [0.5, 0.6) is 0 Å². The zero-order chi connectivity index (χ0) is 26.0. The Morgan fingerprint density at radius 1 is 1.00 bits per heavy atom. The summed E-state index contributed by atoms with van der Waals surface area (Å²) in [6.07, 6.45) is 6.50. The van der Waals surface area contributed by atoms with E-state index in [4.69, 9.17) is 9.47 Å². The number of nitrogens with one attached hydrogen (secondary N) is 1. The van der Waals surface area contributed by atoms with Crippen molar-refractivity contribution in [3.05, 3.63) is 42.0 Å². The maximum absolute atomic E-state index is 13.1. The van der Waals surface area contributed by atoms with E-state index in [1.165, 1.54) is 12.1 Å². The van der Waals surface area contributed by atoms with Crippen LogP contribution in [0.3, 0.4) is 0 Å². The smallest absolute Gasteiger partial charge is 0.338 e. The zero-order valence-corrected chi connectivity index (χ0v) is 20.8. The van der Waals surface area contributed by atoms with Crippen molar-refractivity contribution in [1.29, 1.82) is 0 Å². The van der Waals surface area contributed by atoms with Gasteiger partial charge in [-0.15, -0.1) is 0 Å². The Morgan fingerprint density at radius 3 is 2.17 bits per heavy atom. The molecule has 1 aliphatic heterocycles. The largest absolute Gasteiger partial charge is 0.462 e. The molecule has 0 spiro atoms. The molecule has 1 N–H and O–H groups in total. The SMILES string of the molecule is CCCCOC(=O)c1ccc(NC(=O)COC(=O)[C@@H](C(C)C)N2C(=O)[C@@H]3[C@H](C2=O)[C@H]2C=C[C@H]3C2)cc1. The van der Waals surface area contributed by atoms with Crippen LogP contribution < -0.4 is 5.32 Å². The average molecular weight is 497 g/mol. The van der Waals surface area contributed by atoms with Crippen LogP contribution in [0, 0.1) is 29.6 Å². The standard InChI is InChI=1S/C27H32N2O7/c1-4-5-12-35-26(33)16-8-10-19(11-9-16)28-20(30)14-36-27(34)23(15(2)3)29-24(31)21-17-6-7-18(13-17)22(21)25(29)32/h6-11,15,17-18,21-23H,4-5,12-14H2,1-3H3,(H,28,30)/t17-,18-,21-,22+,23+/m0/s1. The van der Waals surface area contributed by atoms with Gasteiger partial charge in [-0.05, 0) is 54.9 Å². The highest BCUT2D eigenvalue weighted by molar-refractivity contribution is 6.09. The molecule has 36 heavy (non-hydrogen) atoms. The molecule has 0 radical (unpaired) electrons. The van der Waals surface area contributed by atoms with E-state index in [2.05, 4.69) is 5.32 Å². The molecule has 192 valence electrons. The van der Waals surface area contributed by atoms with Crippen molar-refractivity contribution in [3.63, 3.8) is 0 Å². The van der Waals surface area contributed by atoms with Gasteiger partial charge in [0.25, 0.3) is 5.91 Å². The molecule has 2 aliphatic carbocycles. The van der Waals surface area contributed by atoms with Crippen molar-refractivity contribution in [2.45, 2.75) is 46.1 Å².